The van der Waals surface area contributed by atoms with Gasteiger partial charge in [-0.2, -0.15) is 0 Å². The van der Waals surface area contributed by atoms with Crippen molar-refractivity contribution >= 4 is 28.8 Å². The van der Waals surface area contributed by atoms with Crippen molar-refractivity contribution in [1.29, 1.82) is 0 Å². The minimum absolute atomic E-state index is 0.177. The van der Waals surface area contributed by atoms with E-state index >= 15 is 0 Å². The first-order valence-electron chi connectivity index (χ1n) is 7.36. The van der Waals surface area contributed by atoms with Crippen molar-refractivity contribution < 1.29 is 14.3 Å². The second kappa shape index (κ2) is 7.46. The molecule has 1 aliphatic heterocycles. The highest BCUT2D eigenvalue weighted by Gasteiger charge is 2.35. The third-order valence-corrected chi connectivity index (χ3v) is 4.19. The Morgan fingerprint density at radius 2 is 1.96 bits per heavy atom. The van der Waals surface area contributed by atoms with Crippen LogP contribution in [-0.4, -0.2) is 34.8 Å². The van der Waals surface area contributed by atoms with Gasteiger partial charge < -0.3 is 4.74 Å². The molecule has 1 aliphatic rings. The van der Waals surface area contributed by atoms with E-state index in [9.17, 15) is 9.59 Å². The average molecular weight is 332 g/mol. The lowest BCUT2D eigenvalue weighted by Gasteiger charge is -2.32. The lowest BCUT2D eigenvalue weighted by Crippen LogP contribution is -2.38. The molecule has 122 valence electrons. The molecule has 5 nitrogen and oxygen atoms in total. The molecule has 0 saturated heterocycles. The molecule has 0 unspecified atom stereocenters. The standard InChI is InChI=1S/C17H20N2O3S/c1-5-22-16(21)14-11(2)19(12(3)20)17(23-4)18-15(14)13-9-7-6-8-10-13/h6-10,15H,5H2,1-4H3/t15-/m0/s1. The maximum Gasteiger partial charge on any atom is 0.338 e. The van der Waals surface area contributed by atoms with E-state index in [0.717, 1.165) is 5.56 Å². The number of thioether (sulfide) groups is 1. The molecule has 0 spiro atoms. The molecule has 0 aliphatic carbocycles. The quantitative estimate of drug-likeness (QED) is 0.798. The number of amidine groups is 1. The van der Waals surface area contributed by atoms with Crippen LogP contribution in [0.2, 0.25) is 0 Å². The molecule has 0 saturated carbocycles. The topological polar surface area (TPSA) is 59.0 Å². The summed E-state index contributed by atoms with van der Waals surface area (Å²) in [6, 6.07) is 9.09. The van der Waals surface area contributed by atoms with Gasteiger partial charge in [-0.1, -0.05) is 42.1 Å². The zero-order chi connectivity index (χ0) is 17.0. The van der Waals surface area contributed by atoms with Crippen LogP contribution in [0.5, 0.6) is 0 Å². The summed E-state index contributed by atoms with van der Waals surface area (Å²) in [4.78, 5) is 30.6. The van der Waals surface area contributed by atoms with Gasteiger partial charge in [-0.05, 0) is 25.7 Å². The zero-order valence-electron chi connectivity index (χ0n) is 13.7. The van der Waals surface area contributed by atoms with Gasteiger partial charge in [-0.3, -0.25) is 9.69 Å². The Labute approximate surface area is 140 Å². The third-order valence-electron chi connectivity index (χ3n) is 3.54. The van der Waals surface area contributed by atoms with E-state index in [4.69, 9.17) is 4.74 Å². The number of allylic oxidation sites excluding steroid dienone is 1. The first-order chi connectivity index (χ1) is 11.0. The van der Waals surface area contributed by atoms with Gasteiger partial charge in [0.1, 0.15) is 6.04 Å². The molecular formula is C17H20N2O3S. The molecule has 6 heteroatoms. The predicted octanol–water partition coefficient (Wildman–Crippen LogP) is 3.15. The normalized spacial score (nSPS) is 17.8. The first kappa shape index (κ1) is 17.3. The Kier molecular flexibility index (Phi) is 5.60. The summed E-state index contributed by atoms with van der Waals surface area (Å²) in [7, 11) is 0. The predicted molar refractivity (Wildman–Crippen MR) is 92.0 cm³/mol. The van der Waals surface area contributed by atoms with E-state index in [-0.39, 0.29) is 12.5 Å². The first-order valence-corrected chi connectivity index (χ1v) is 8.59. The average Bonchev–Trinajstić information content (AvgIpc) is 2.54. The van der Waals surface area contributed by atoms with Crippen LogP contribution in [0.1, 0.15) is 32.4 Å². The SMILES string of the molecule is CCOC(=O)C1=C(C)N(C(C)=O)C(SC)=N[C@H]1c1ccccc1. The Morgan fingerprint density at radius 3 is 2.48 bits per heavy atom. The van der Waals surface area contributed by atoms with E-state index in [2.05, 4.69) is 4.99 Å². The van der Waals surface area contributed by atoms with Crippen molar-refractivity contribution in [2.24, 2.45) is 4.99 Å². The highest BCUT2D eigenvalue weighted by atomic mass is 32.2. The van der Waals surface area contributed by atoms with E-state index in [1.165, 1.54) is 23.6 Å². The van der Waals surface area contributed by atoms with Crippen LogP contribution in [0.3, 0.4) is 0 Å². The number of carbonyl (C=O) groups excluding carboxylic acids is 2. The van der Waals surface area contributed by atoms with Gasteiger partial charge in [-0.25, -0.2) is 9.79 Å². The molecular weight excluding hydrogens is 312 g/mol. The minimum atomic E-state index is -0.465. The lowest BCUT2D eigenvalue weighted by molar-refractivity contribution is -0.139. The second-order valence-corrected chi connectivity index (χ2v) is 5.78. The van der Waals surface area contributed by atoms with E-state index in [1.807, 2.05) is 36.6 Å². The van der Waals surface area contributed by atoms with Gasteiger partial charge in [0.2, 0.25) is 5.91 Å². The minimum Gasteiger partial charge on any atom is -0.463 e. The summed E-state index contributed by atoms with van der Waals surface area (Å²) < 4.78 is 5.19. The van der Waals surface area contributed by atoms with Crippen LogP contribution < -0.4 is 0 Å². The van der Waals surface area contributed by atoms with Gasteiger partial charge in [0, 0.05) is 12.6 Å². The number of benzene rings is 1. The number of hydrogen-bond acceptors (Lipinski definition) is 5. The van der Waals surface area contributed by atoms with Crippen LogP contribution in [0.4, 0.5) is 0 Å². The van der Waals surface area contributed by atoms with Crippen molar-refractivity contribution in [3.05, 3.63) is 47.2 Å². The maximum absolute atomic E-state index is 12.5. The van der Waals surface area contributed by atoms with Crippen LogP contribution in [0.25, 0.3) is 0 Å². The lowest BCUT2D eigenvalue weighted by atomic mass is 9.96. The highest BCUT2D eigenvalue weighted by molar-refractivity contribution is 8.13. The monoisotopic (exact) mass is 332 g/mol. The van der Waals surface area contributed by atoms with Gasteiger partial charge >= 0.3 is 5.97 Å². The smallest absolute Gasteiger partial charge is 0.338 e. The van der Waals surface area contributed by atoms with Crippen molar-refractivity contribution in [3.8, 4) is 0 Å². The highest BCUT2D eigenvalue weighted by Crippen LogP contribution is 2.36. The Morgan fingerprint density at radius 1 is 1.30 bits per heavy atom. The Balaban J connectivity index is 2.59. The number of aliphatic imine (C=N–C) groups is 1. The van der Waals surface area contributed by atoms with Crippen molar-refractivity contribution in [1.82, 2.24) is 4.90 Å². The molecule has 1 heterocycles. The van der Waals surface area contributed by atoms with Crippen molar-refractivity contribution in [2.75, 3.05) is 12.9 Å². The summed E-state index contributed by atoms with van der Waals surface area (Å²) in [5.74, 6) is -0.613. The van der Waals surface area contributed by atoms with Crippen LogP contribution in [0.15, 0.2) is 46.6 Å². The summed E-state index contributed by atoms with van der Waals surface area (Å²) in [5, 5.41) is 0.580. The number of esters is 1. The van der Waals surface area contributed by atoms with Crippen LogP contribution in [0, 0.1) is 0 Å². The van der Waals surface area contributed by atoms with E-state index < -0.39 is 12.0 Å². The molecule has 0 aromatic heterocycles. The zero-order valence-corrected chi connectivity index (χ0v) is 14.5. The molecule has 0 fully saturated rings. The maximum atomic E-state index is 12.5. The van der Waals surface area contributed by atoms with Gasteiger partial charge in [0.05, 0.1) is 12.2 Å². The Hall–Kier alpha value is -2.08. The molecule has 0 radical (unpaired) electrons. The van der Waals surface area contributed by atoms with Gasteiger partial charge in [-0.15, -0.1) is 0 Å². The second-order valence-electron chi connectivity index (χ2n) is 5.00. The fourth-order valence-corrected chi connectivity index (χ4v) is 3.21. The molecule has 2 rings (SSSR count). The van der Waals surface area contributed by atoms with E-state index in [1.54, 1.807) is 13.8 Å². The summed E-state index contributed by atoms with van der Waals surface area (Å²) in [6.07, 6.45) is 1.86. The van der Waals surface area contributed by atoms with E-state index in [0.29, 0.717) is 16.4 Å². The van der Waals surface area contributed by atoms with Crippen molar-refractivity contribution in [2.45, 2.75) is 26.8 Å². The van der Waals surface area contributed by atoms with Crippen LogP contribution in [-0.2, 0) is 14.3 Å². The molecule has 0 N–H and O–H groups in total. The summed E-state index contributed by atoms with van der Waals surface area (Å²) in [5.41, 5.74) is 1.87. The fourth-order valence-electron chi connectivity index (χ4n) is 2.55. The molecule has 1 amide bonds. The molecule has 1 aromatic carbocycles. The third kappa shape index (κ3) is 3.47. The Bertz CT molecular complexity index is 668. The summed E-state index contributed by atoms with van der Waals surface area (Å²) in [6.45, 7) is 5.25. The largest absolute Gasteiger partial charge is 0.463 e. The number of ether oxygens (including phenoxy) is 1. The number of rotatable bonds is 3. The molecule has 1 atom stereocenters. The summed E-state index contributed by atoms with van der Waals surface area (Å²) >= 11 is 1.38. The van der Waals surface area contributed by atoms with Gasteiger partial charge in [0.15, 0.2) is 5.17 Å². The molecule has 1 aromatic rings. The van der Waals surface area contributed by atoms with Crippen LogP contribution >= 0.6 is 11.8 Å². The molecule has 23 heavy (non-hydrogen) atoms. The van der Waals surface area contributed by atoms with Crippen molar-refractivity contribution in [3.63, 3.8) is 0 Å². The number of hydrogen-bond donors (Lipinski definition) is 0. The van der Waals surface area contributed by atoms with Gasteiger partial charge in [0.25, 0.3) is 0 Å². The number of amides is 1. The number of nitrogens with zero attached hydrogens (tertiary/aromatic N) is 2. The number of carbonyl (C=O) groups is 2. The fraction of sp³-hybridized carbons (Fsp3) is 0.353. The molecule has 0 bridgehead atoms.